The number of carbonyl (C=O) groups is 1. The molecule has 0 fully saturated rings. The zero-order valence-electron chi connectivity index (χ0n) is 18.1. The SMILES string of the molecule is Cc1nn(CC(=O)Nc2ccc3ccccc3c2)c(C)c1S(=O)(=O)N(C)Cc1ccco1. The van der Waals surface area contributed by atoms with Crippen LogP contribution in [0, 0.1) is 13.8 Å². The lowest BCUT2D eigenvalue weighted by molar-refractivity contribution is -0.116. The van der Waals surface area contributed by atoms with Crippen LogP contribution in [0.4, 0.5) is 5.69 Å². The molecule has 0 atom stereocenters. The molecule has 0 radical (unpaired) electrons. The number of nitrogens with zero attached hydrogens (tertiary/aromatic N) is 3. The molecule has 0 spiro atoms. The quantitative estimate of drug-likeness (QED) is 0.461. The van der Waals surface area contributed by atoms with Crippen LogP contribution in [0.15, 0.2) is 70.2 Å². The van der Waals surface area contributed by atoms with Gasteiger partial charge in [0.2, 0.25) is 15.9 Å². The van der Waals surface area contributed by atoms with E-state index < -0.39 is 10.0 Å². The summed E-state index contributed by atoms with van der Waals surface area (Å²) in [6.45, 7) is 3.27. The number of fused-ring (bicyclic) bond motifs is 1. The second-order valence-corrected chi connectivity index (χ2v) is 9.59. The molecule has 0 aliphatic rings. The van der Waals surface area contributed by atoms with Crippen LogP contribution in [-0.2, 0) is 27.9 Å². The third-order valence-corrected chi connectivity index (χ3v) is 7.33. The Morgan fingerprint density at radius 2 is 1.84 bits per heavy atom. The summed E-state index contributed by atoms with van der Waals surface area (Å²) in [6, 6.07) is 17.0. The minimum atomic E-state index is -3.82. The Labute approximate surface area is 186 Å². The highest BCUT2D eigenvalue weighted by Crippen LogP contribution is 2.24. The molecule has 4 aromatic rings. The maximum atomic E-state index is 13.1. The van der Waals surface area contributed by atoms with Crippen molar-refractivity contribution in [3.63, 3.8) is 0 Å². The third kappa shape index (κ3) is 4.30. The molecule has 1 amide bonds. The Bertz CT molecular complexity index is 1370. The first-order valence-corrected chi connectivity index (χ1v) is 11.5. The fourth-order valence-corrected chi connectivity index (χ4v) is 5.18. The molecule has 2 heterocycles. The predicted molar refractivity (Wildman–Crippen MR) is 122 cm³/mol. The van der Waals surface area contributed by atoms with Crippen molar-refractivity contribution in [1.29, 1.82) is 0 Å². The number of aryl methyl sites for hydroxylation is 1. The average molecular weight is 453 g/mol. The Morgan fingerprint density at radius 1 is 1.09 bits per heavy atom. The van der Waals surface area contributed by atoms with Gasteiger partial charge in [0.1, 0.15) is 17.2 Å². The number of furan rings is 1. The Morgan fingerprint density at radius 3 is 2.56 bits per heavy atom. The van der Waals surface area contributed by atoms with E-state index >= 15 is 0 Å². The standard InChI is InChI=1S/C23H24N4O4S/c1-16-23(32(29,30)26(3)14-21-9-6-12-31-21)17(2)27(25-16)15-22(28)24-20-11-10-18-7-4-5-8-19(18)13-20/h4-13H,14-15H2,1-3H3,(H,24,28). The topological polar surface area (TPSA) is 97.4 Å². The van der Waals surface area contributed by atoms with Crippen molar-refractivity contribution in [3.05, 3.63) is 78.0 Å². The summed E-state index contributed by atoms with van der Waals surface area (Å²) in [4.78, 5) is 12.7. The Balaban J connectivity index is 1.52. The van der Waals surface area contributed by atoms with E-state index in [1.165, 1.54) is 22.3 Å². The second kappa shape index (κ2) is 8.60. The van der Waals surface area contributed by atoms with Crippen LogP contribution >= 0.6 is 0 Å². The van der Waals surface area contributed by atoms with E-state index in [0.29, 0.717) is 22.8 Å². The lowest BCUT2D eigenvalue weighted by Gasteiger charge is -2.16. The van der Waals surface area contributed by atoms with E-state index in [1.54, 1.807) is 26.0 Å². The summed E-state index contributed by atoms with van der Waals surface area (Å²) in [5.74, 6) is 0.243. The molecule has 32 heavy (non-hydrogen) atoms. The van der Waals surface area contributed by atoms with Gasteiger partial charge in [-0.05, 0) is 48.9 Å². The van der Waals surface area contributed by atoms with Crippen molar-refractivity contribution >= 4 is 32.4 Å². The van der Waals surface area contributed by atoms with Crippen LogP contribution in [0.1, 0.15) is 17.1 Å². The second-order valence-electron chi connectivity index (χ2n) is 7.61. The first-order chi connectivity index (χ1) is 15.3. The first kappa shape index (κ1) is 21.8. The van der Waals surface area contributed by atoms with Gasteiger partial charge in [0, 0.05) is 12.7 Å². The molecule has 9 heteroatoms. The first-order valence-electron chi connectivity index (χ1n) is 10.1. The maximum absolute atomic E-state index is 13.1. The monoisotopic (exact) mass is 452 g/mol. The van der Waals surface area contributed by atoms with Crippen LogP contribution < -0.4 is 5.32 Å². The normalized spacial score (nSPS) is 11.9. The molecule has 1 N–H and O–H groups in total. The highest BCUT2D eigenvalue weighted by Gasteiger charge is 2.29. The van der Waals surface area contributed by atoms with Crippen LogP contribution in [0.25, 0.3) is 10.8 Å². The van der Waals surface area contributed by atoms with Gasteiger partial charge < -0.3 is 9.73 Å². The van der Waals surface area contributed by atoms with Crippen LogP contribution in [-0.4, -0.2) is 35.5 Å². The molecule has 0 aliphatic carbocycles. The summed E-state index contributed by atoms with van der Waals surface area (Å²) in [5.41, 5.74) is 1.41. The van der Waals surface area contributed by atoms with Gasteiger partial charge in [-0.3, -0.25) is 9.48 Å². The van der Waals surface area contributed by atoms with Crippen LogP contribution in [0.5, 0.6) is 0 Å². The molecule has 0 saturated carbocycles. The number of sulfonamides is 1. The van der Waals surface area contributed by atoms with Gasteiger partial charge in [0.25, 0.3) is 0 Å². The van der Waals surface area contributed by atoms with Gasteiger partial charge in [0.05, 0.1) is 24.2 Å². The van der Waals surface area contributed by atoms with Gasteiger partial charge >= 0.3 is 0 Å². The molecule has 4 rings (SSSR count). The van der Waals surface area contributed by atoms with E-state index in [-0.39, 0.29) is 23.9 Å². The number of rotatable bonds is 7. The Hall–Kier alpha value is -3.43. The molecule has 0 unspecified atom stereocenters. The van der Waals surface area contributed by atoms with E-state index in [4.69, 9.17) is 4.42 Å². The van der Waals surface area contributed by atoms with Crippen molar-refractivity contribution in [3.8, 4) is 0 Å². The summed E-state index contributed by atoms with van der Waals surface area (Å²) in [6.07, 6.45) is 1.50. The summed E-state index contributed by atoms with van der Waals surface area (Å²) >= 11 is 0. The van der Waals surface area contributed by atoms with Gasteiger partial charge in [-0.1, -0.05) is 30.3 Å². The van der Waals surface area contributed by atoms with Crippen molar-refractivity contribution in [2.75, 3.05) is 12.4 Å². The molecule has 2 aromatic carbocycles. The number of benzene rings is 2. The lowest BCUT2D eigenvalue weighted by Crippen LogP contribution is -2.27. The van der Waals surface area contributed by atoms with Crippen LogP contribution in [0.2, 0.25) is 0 Å². The zero-order valence-corrected chi connectivity index (χ0v) is 18.9. The van der Waals surface area contributed by atoms with Crippen molar-refractivity contribution in [1.82, 2.24) is 14.1 Å². The highest BCUT2D eigenvalue weighted by molar-refractivity contribution is 7.89. The number of hydrogen-bond acceptors (Lipinski definition) is 5. The molecule has 0 aliphatic heterocycles. The largest absolute Gasteiger partial charge is 0.468 e. The Kier molecular flexibility index (Phi) is 5.86. The number of hydrogen-bond donors (Lipinski definition) is 1. The summed E-state index contributed by atoms with van der Waals surface area (Å²) < 4.78 is 34.2. The summed E-state index contributed by atoms with van der Waals surface area (Å²) in [5, 5.41) is 9.27. The third-order valence-electron chi connectivity index (χ3n) is 5.27. The fraction of sp³-hybridized carbons (Fsp3) is 0.217. The number of carbonyl (C=O) groups excluding carboxylic acids is 1. The minimum absolute atomic E-state index is 0.0991. The van der Waals surface area contributed by atoms with Gasteiger partial charge in [0.15, 0.2) is 0 Å². The predicted octanol–water partition coefficient (Wildman–Crippen LogP) is 3.71. The van der Waals surface area contributed by atoms with E-state index in [1.807, 2.05) is 42.5 Å². The molecule has 166 valence electrons. The van der Waals surface area contributed by atoms with Crippen molar-refractivity contribution in [2.24, 2.45) is 0 Å². The number of aromatic nitrogens is 2. The van der Waals surface area contributed by atoms with Gasteiger partial charge in [-0.2, -0.15) is 9.40 Å². The van der Waals surface area contributed by atoms with Gasteiger partial charge in [-0.15, -0.1) is 0 Å². The molecular weight excluding hydrogens is 428 g/mol. The minimum Gasteiger partial charge on any atom is -0.468 e. The van der Waals surface area contributed by atoms with Crippen molar-refractivity contribution < 1.29 is 17.6 Å². The molecule has 0 bridgehead atoms. The molecule has 8 nitrogen and oxygen atoms in total. The van der Waals surface area contributed by atoms with Gasteiger partial charge in [-0.25, -0.2) is 8.42 Å². The number of nitrogens with one attached hydrogen (secondary N) is 1. The smallest absolute Gasteiger partial charge is 0.246 e. The number of amides is 1. The molecule has 2 aromatic heterocycles. The van der Waals surface area contributed by atoms with E-state index in [0.717, 1.165) is 10.8 Å². The van der Waals surface area contributed by atoms with E-state index in [2.05, 4.69) is 10.4 Å². The molecule has 0 saturated heterocycles. The lowest BCUT2D eigenvalue weighted by atomic mass is 10.1. The number of anilines is 1. The summed E-state index contributed by atoms with van der Waals surface area (Å²) in [7, 11) is -2.33. The molecular formula is C23H24N4O4S. The maximum Gasteiger partial charge on any atom is 0.246 e. The fourth-order valence-electron chi connectivity index (χ4n) is 3.67. The zero-order chi connectivity index (χ0) is 22.9. The van der Waals surface area contributed by atoms with E-state index in [9.17, 15) is 13.2 Å². The highest BCUT2D eigenvalue weighted by atomic mass is 32.2. The van der Waals surface area contributed by atoms with Crippen molar-refractivity contribution in [2.45, 2.75) is 31.8 Å². The van der Waals surface area contributed by atoms with Crippen LogP contribution in [0.3, 0.4) is 0 Å². The average Bonchev–Trinajstić information content (AvgIpc) is 3.35.